The van der Waals surface area contributed by atoms with Gasteiger partial charge in [0.25, 0.3) is 0 Å². The first-order chi connectivity index (χ1) is 17.1. The van der Waals surface area contributed by atoms with E-state index in [1.807, 2.05) is 0 Å². The lowest BCUT2D eigenvalue weighted by Gasteiger charge is -2.40. The number of carboxylic acid groups (broad SMARTS) is 1. The highest BCUT2D eigenvalue weighted by molar-refractivity contribution is 5.89. The molecule has 1 saturated heterocycles. The smallest absolute Gasteiger partial charge is 0.335 e. The zero-order valence-corrected chi connectivity index (χ0v) is 18.8. The van der Waals surface area contributed by atoms with Crippen molar-refractivity contribution >= 4 is 16.9 Å². The Morgan fingerprint density at radius 2 is 1.72 bits per heavy atom. The standard InChI is InChI=1S/C23H22O13/c1-32-19-14(35-23-18(29)17(28)20(33-2)21(36-23)22(30)31)7-13-15(16(19)27)11(26)6-12(34-13)8-3-4-9(24)10(25)5-8/h3-7,17-18,20-21,23-25,27-29H,1-2H3,(H,30,31)/t17-,18-,20+,21+,23-/m1/s1. The number of aromatic hydroxyl groups is 3. The molecule has 13 heteroatoms. The number of phenolic OH excluding ortho intramolecular Hbond substituents is 3. The minimum atomic E-state index is -1.77. The van der Waals surface area contributed by atoms with Crippen molar-refractivity contribution in [3.63, 3.8) is 0 Å². The van der Waals surface area contributed by atoms with Gasteiger partial charge >= 0.3 is 5.97 Å². The van der Waals surface area contributed by atoms with Gasteiger partial charge in [0, 0.05) is 24.8 Å². The predicted octanol–water partition coefficient (Wildman–Crippen LogP) is 0.511. The fourth-order valence-electron chi connectivity index (χ4n) is 3.89. The van der Waals surface area contributed by atoms with E-state index in [4.69, 9.17) is 23.4 Å². The molecule has 36 heavy (non-hydrogen) atoms. The summed E-state index contributed by atoms with van der Waals surface area (Å²) in [6.45, 7) is 0. The molecule has 0 amide bonds. The van der Waals surface area contributed by atoms with Gasteiger partial charge in [0.15, 0.2) is 34.5 Å². The number of carboxylic acids is 1. The van der Waals surface area contributed by atoms with Crippen LogP contribution in [0.4, 0.5) is 0 Å². The lowest BCUT2D eigenvalue weighted by Crippen LogP contribution is -2.61. The fraction of sp³-hybridized carbons (Fsp3) is 0.304. The molecule has 3 aromatic rings. The van der Waals surface area contributed by atoms with Gasteiger partial charge < -0.3 is 54.0 Å². The van der Waals surface area contributed by atoms with Crippen LogP contribution in [0.25, 0.3) is 22.3 Å². The summed E-state index contributed by atoms with van der Waals surface area (Å²) >= 11 is 0. The molecule has 2 aromatic carbocycles. The van der Waals surface area contributed by atoms with Gasteiger partial charge in [-0.2, -0.15) is 0 Å². The largest absolute Gasteiger partial charge is 0.504 e. The molecule has 5 atom stereocenters. The molecule has 1 fully saturated rings. The lowest BCUT2D eigenvalue weighted by atomic mass is 9.98. The van der Waals surface area contributed by atoms with Gasteiger partial charge in [0.1, 0.15) is 35.0 Å². The van der Waals surface area contributed by atoms with Crippen molar-refractivity contribution in [2.45, 2.75) is 30.7 Å². The SMILES string of the molecule is COc1c(O[C@@H]2O[C@H](C(=O)O)[C@@H](OC)[C@H](O)[C@H]2O)cc2oc(-c3ccc(O)c(O)c3)cc(=O)c2c1O. The van der Waals surface area contributed by atoms with Gasteiger partial charge in [0.2, 0.25) is 12.0 Å². The summed E-state index contributed by atoms with van der Waals surface area (Å²) in [4.78, 5) is 24.4. The Morgan fingerprint density at radius 3 is 2.33 bits per heavy atom. The van der Waals surface area contributed by atoms with E-state index in [2.05, 4.69) is 0 Å². The summed E-state index contributed by atoms with van der Waals surface area (Å²) < 4.78 is 26.7. The van der Waals surface area contributed by atoms with Gasteiger partial charge in [0.05, 0.1) is 7.11 Å². The Kier molecular flexibility index (Phi) is 6.65. The van der Waals surface area contributed by atoms with E-state index >= 15 is 0 Å². The number of aliphatic carboxylic acids is 1. The van der Waals surface area contributed by atoms with Crippen molar-refractivity contribution in [1.82, 2.24) is 0 Å². The second kappa shape index (κ2) is 9.54. The normalized spacial score (nSPS) is 23.9. The van der Waals surface area contributed by atoms with Gasteiger partial charge in [-0.1, -0.05) is 0 Å². The van der Waals surface area contributed by atoms with Gasteiger partial charge in [-0.05, 0) is 18.2 Å². The highest BCUT2D eigenvalue weighted by atomic mass is 16.7. The molecule has 0 aliphatic carbocycles. The van der Waals surface area contributed by atoms with Gasteiger partial charge in [-0.15, -0.1) is 0 Å². The van der Waals surface area contributed by atoms with E-state index in [1.54, 1.807) is 0 Å². The van der Waals surface area contributed by atoms with Crippen molar-refractivity contribution in [2.75, 3.05) is 14.2 Å². The Labute approximate surface area is 201 Å². The quantitative estimate of drug-likeness (QED) is 0.252. The number of phenols is 3. The van der Waals surface area contributed by atoms with Crippen molar-refractivity contribution in [3.8, 4) is 40.1 Å². The number of hydrogen-bond donors (Lipinski definition) is 6. The summed E-state index contributed by atoms with van der Waals surface area (Å²) in [7, 11) is 2.30. The van der Waals surface area contributed by atoms with Crippen LogP contribution in [0, 0.1) is 0 Å². The van der Waals surface area contributed by atoms with Crippen LogP contribution in [0.5, 0.6) is 28.7 Å². The van der Waals surface area contributed by atoms with Crippen LogP contribution in [-0.2, 0) is 14.3 Å². The van der Waals surface area contributed by atoms with E-state index in [1.165, 1.54) is 12.1 Å². The number of methoxy groups -OCH3 is 2. The summed E-state index contributed by atoms with van der Waals surface area (Å²) in [5, 5.41) is 59.9. The molecule has 192 valence electrons. The van der Waals surface area contributed by atoms with Crippen LogP contribution in [0.15, 0.2) is 39.5 Å². The number of fused-ring (bicyclic) bond motifs is 1. The van der Waals surface area contributed by atoms with Gasteiger partial charge in [-0.3, -0.25) is 4.79 Å². The van der Waals surface area contributed by atoms with Crippen LogP contribution in [0.1, 0.15) is 0 Å². The van der Waals surface area contributed by atoms with E-state index in [-0.39, 0.29) is 39.5 Å². The fourth-order valence-corrected chi connectivity index (χ4v) is 3.89. The molecule has 2 heterocycles. The first kappa shape index (κ1) is 25.1. The summed E-state index contributed by atoms with van der Waals surface area (Å²) in [5.74, 6) is -3.69. The first-order valence-corrected chi connectivity index (χ1v) is 10.4. The van der Waals surface area contributed by atoms with E-state index < -0.39 is 53.6 Å². The van der Waals surface area contributed by atoms with E-state index in [0.29, 0.717) is 0 Å². The van der Waals surface area contributed by atoms with E-state index in [9.17, 15) is 40.2 Å². The molecule has 0 radical (unpaired) electrons. The summed E-state index contributed by atoms with van der Waals surface area (Å²) in [6, 6.07) is 5.92. The van der Waals surface area contributed by atoms with Crippen LogP contribution in [0.2, 0.25) is 0 Å². The zero-order valence-electron chi connectivity index (χ0n) is 18.8. The molecule has 1 aliphatic rings. The van der Waals surface area contributed by atoms with Crippen molar-refractivity contribution < 1.29 is 58.8 Å². The second-order valence-electron chi connectivity index (χ2n) is 7.87. The highest BCUT2D eigenvalue weighted by Crippen LogP contribution is 2.43. The van der Waals surface area contributed by atoms with Gasteiger partial charge in [-0.25, -0.2) is 4.79 Å². The third-order valence-electron chi connectivity index (χ3n) is 5.68. The average Bonchev–Trinajstić information content (AvgIpc) is 2.83. The Balaban J connectivity index is 1.80. The molecule has 13 nitrogen and oxygen atoms in total. The average molecular weight is 506 g/mol. The third-order valence-corrected chi connectivity index (χ3v) is 5.68. The van der Waals surface area contributed by atoms with Crippen molar-refractivity contribution in [1.29, 1.82) is 0 Å². The van der Waals surface area contributed by atoms with Crippen LogP contribution in [-0.4, -0.2) is 81.5 Å². The molecule has 0 bridgehead atoms. The molecule has 0 spiro atoms. The summed E-state index contributed by atoms with van der Waals surface area (Å²) in [5.41, 5.74) is -0.653. The number of rotatable bonds is 6. The number of hydrogen-bond acceptors (Lipinski definition) is 12. The molecular formula is C23H22O13. The molecule has 0 saturated carbocycles. The third kappa shape index (κ3) is 4.24. The van der Waals surface area contributed by atoms with Crippen LogP contribution >= 0.6 is 0 Å². The maximum absolute atomic E-state index is 12.8. The zero-order chi connectivity index (χ0) is 26.3. The van der Waals surface area contributed by atoms with Crippen molar-refractivity contribution in [3.05, 3.63) is 40.6 Å². The van der Waals surface area contributed by atoms with E-state index in [0.717, 1.165) is 32.4 Å². The molecule has 0 unspecified atom stereocenters. The summed E-state index contributed by atoms with van der Waals surface area (Å²) in [6.07, 6.45) is -8.33. The molecule has 1 aromatic heterocycles. The number of aliphatic hydroxyl groups is 2. The minimum absolute atomic E-state index is 0.0310. The van der Waals surface area contributed by atoms with Crippen LogP contribution in [0.3, 0.4) is 0 Å². The first-order valence-electron chi connectivity index (χ1n) is 10.4. The maximum atomic E-state index is 12.8. The molecule has 4 rings (SSSR count). The van der Waals surface area contributed by atoms with Crippen LogP contribution < -0.4 is 14.9 Å². The molecular weight excluding hydrogens is 484 g/mol. The minimum Gasteiger partial charge on any atom is -0.504 e. The number of ether oxygens (including phenoxy) is 4. The number of benzene rings is 2. The molecule has 1 aliphatic heterocycles. The molecule has 6 N–H and O–H groups in total. The Morgan fingerprint density at radius 1 is 1.00 bits per heavy atom. The Bertz CT molecular complexity index is 1360. The highest BCUT2D eigenvalue weighted by Gasteiger charge is 2.49. The second-order valence-corrected chi connectivity index (χ2v) is 7.87. The predicted molar refractivity (Wildman–Crippen MR) is 119 cm³/mol. The monoisotopic (exact) mass is 506 g/mol. The number of carbonyl (C=O) groups is 1. The lowest BCUT2D eigenvalue weighted by molar-refractivity contribution is -0.275. The van der Waals surface area contributed by atoms with Crippen molar-refractivity contribution in [2.24, 2.45) is 0 Å². The Hall–Kier alpha value is -4.04. The topological polar surface area (TPSA) is 206 Å². The number of aliphatic hydroxyl groups excluding tert-OH is 2. The maximum Gasteiger partial charge on any atom is 0.335 e.